The maximum atomic E-state index is 10.4. The first-order chi connectivity index (χ1) is 4.79. The van der Waals surface area contributed by atoms with Crippen molar-refractivity contribution < 1.29 is 9.53 Å². The molecule has 0 aromatic heterocycles. The number of esters is 1. The molecule has 0 amide bonds. The van der Waals surface area contributed by atoms with E-state index >= 15 is 0 Å². The molecule has 0 aliphatic heterocycles. The van der Waals surface area contributed by atoms with E-state index in [1.165, 1.54) is 6.92 Å². The first-order valence-corrected chi connectivity index (χ1v) is 2.94. The van der Waals surface area contributed by atoms with E-state index in [1.807, 2.05) is 6.07 Å². The summed E-state index contributed by atoms with van der Waals surface area (Å²) in [5, 5.41) is 0. The van der Waals surface area contributed by atoms with Gasteiger partial charge < -0.3 is 4.74 Å². The summed E-state index contributed by atoms with van der Waals surface area (Å²) in [4.78, 5) is 10.4. The van der Waals surface area contributed by atoms with E-state index in [-0.39, 0.29) is 5.97 Å². The van der Waals surface area contributed by atoms with Crippen LogP contribution in [0, 0.1) is 6.07 Å². The lowest BCUT2D eigenvalue weighted by Gasteiger charge is -1.96. The fourth-order valence-electron chi connectivity index (χ4n) is 0.595. The lowest BCUT2D eigenvalue weighted by atomic mass is 10.3. The van der Waals surface area contributed by atoms with Gasteiger partial charge in [0, 0.05) is 13.0 Å². The molecule has 0 saturated carbocycles. The quantitative estimate of drug-likeness (QED) is 0.430. The second kappa shape index (κ2) is 3.01. The third-order valence-electron chi connectivity index (χ3n) is 0.934. The van der Waals surface area contributed by atoms with Gasteiger partial charge in [0.05, 0.1) is 0 Å². The number of hydrogen-bond acceptors (Lipinski definition) is 2. The maximum absolute atomic E-state index is 10.4. The molecule has 0 unspecified atom stereocenters. The Morgan fingerprint density at radius 1 is 1.60 bits per heavy atom. The Labute approximate surface area is 59.4 Å². The number of rotatable bonds is 1. The standard InChI is InChI=1S/C8H7O2/c1-7(9)10-8-5-3-2-4-6-8/h2-5H,1H3. The van der Waals surface area contributed by atoms with E-state index in [0.717, 1.165) is 0 Å². The average Bonchev–Trinajstić information content (AvgIpc) is 1.88. The highest BCUT2D eigenvalue weighted by atomic mass is 16.5. The lowest BCUT2D eigenvalue weighted by Crippen LogP contribution is -2.00. The third-order valence-corrected chi connectivity index (χ3v) is 0.934. The predicted octanol–water partition coefficient (Wildman–Crippen LogP) is 1.41. The SMILES string of the molecule is CC(=O)Oc1[c]cccc1. The predicted molar refractivity (Wildman–Crippen MR) is 36.6 cm³/mol. The van der Waals surface area contributed by atoms with Crippen molar-refractivity contribution in [2.45, 2.75) is 6.92 Å². The van der Waals surface area contributed by atoms with Crippen molar-refractivity contribution in [3.8, 4) is 5.75 Å². The minimum absolute atomic E-state index is 0.317. The summed E-state index contributed by atoms with van der Waals surface area (Å²) in [6, 6.07) is 9.73. The van der Waals surface area contributed by atoms with E-state index in [1.54, 1.807) is 18.2 Å². The van der Waals surface area contributed by atoms with Crippen molar-refractivity contribution in [1.82, 2.24) is 0 Å². The first-order valence-electron chi connectivity index (χ1n) is 2.94. The summed E-state index contributed by atoms with van der Waals surface area (Å²) >= 11 is 0. The van der Waals surface area contributed by atoms with Crippen LogP contribution in [0.15, 0.2) is 24.3 Å². The summed E-state index contributed by atoms with van der Waals surface area (Å²) in [6.07, 6.45) is 0. The van der Waals surface area contributed by atoms with Crippen LogP contribution in [0.4, 0.5) is 0 Å². The van der Waals surface area contributed by atoms with Gasteiger partial charge in [0.1, 0.15) is 5.75 Å². The third kappa shape index (κ3) is 1.90. The van der Waals surface area contributed by atoms with E-state index < -0.39 is 0 Å². The van der Waals surface area contributed by atoms with Gasteiger partial charge >= 0.3 is 5.97 Å². The molecule has 0 spiro atoms. The van der Waals surface area contributed by atoms with Gasteiger partial charge in [0.15, 0.2) is 0 Å². The lowest BCUT2D eigenvalue weighted by molar-refractivity contribution is -0.131. The molecule has 0 atom stereocenters. The van der Waals surface area contributed by atoms with Crippen molar-refractivity contribution in [2.75, 3.05) is 0 Å². The van der Waals surface area contributed by atoms with Crippen molar-refractivity contribution in [1.29, 1.82) is 0 Å². The average molecular weight is 135 g/mol. The molecule has 0 aliphatic carbocycles. The van der Waals surface area contributed by atoms with Crippen LogP contribution in [0.3, 0.4) is 0 Å². The normalized spacial score (nSPS) is 8.90. The summed E-state index contributed by atoms with van der Waals surface area (Å²) in [6.45, 7) is 1.36. The van der Waals surface area contributed by atoms with Crippen molar-refractivity contribution in [2.24, 2.45) is 0 Å². The molecule has 1 aromatic carbocycles. The number of carbonyl (C=O) groups excluding carboxylic acids is 1. The number of carbonyl (C=O) groups is 1. The van der Waals surface area contributed by atoms with Gasteiger partial charge in [-0.2, -0.15) is 0 Å². The fourth-order valence-corrected chi connectivity index (χ4v) is 0.595. The van der Waals surface area contributed by atoms with Crippen molar-refractivity contribution >= 4 is 5.97 Å². The number of benzene rings is 1. The zero-order chi connectivity index (χ0) is 7.40. The van der Waals surface area contributed by atoms with E-state index in [9.17, 15) is 4.79 Å². The van der Waals surface area contributed by atoms with E-state index in [0.29, 0.717) is 5.75 Å². The molecule has 1 aromatic rings. The van der Waals surface area contributed by atoms with Crippen LogP contribution in [0.5, 0.6) is 5.75 Å². The highest BCUT2D eigenvalue weighted by molar-refractivity contribution is 5.69. The smallest absolute Gasteiger partial charge is 0.308 e. The van der Waals surface area contributed by atoms with Crippen LogP contribution in [-0.2, 0) is 4.79 Å². The number of hydrogen-bond donors (Lipinski definition) is 0. The molecule has 51 valence electrons. The Morgan fingerprint density at radius 3 is 2.90 bits per heavy atom. The molecule has 1 radical (unpaired) electrons. The van der Waals surface area contributed by atoms with Crippen LogP contribution >= 0.6 is 0 Å². The molecular weight excluding hydrogens is 128 g/mol. The Balaban J connectivity index is 2.67. The van der Waals surface area contributed by atoms with Gasteiger partial charge in [-0.3, -0.25) is 4.79 Å². The Bertz CT molecular complexity index is 216. The second-order valence-corrected chi connectivity index (χ2v) is 1.82. The Morgan fingerprint density at radius 2 is 2.40 bits per heavy atom. The summed E-state index contributed by atoms with van der Waals surface area (Å²) in [5.41, 5.74) is 0. The maximum Gasteiger partial charge on any atom is 0.308 e. The topological polar surface area (TPSA) is 26.3 Å². The highest BCUT2D eigenvalue weighted by Gasteiger charge is 1.93. The summed E-state index contributed by atoms with van der Waals surface area (Å²) in [5.74, 6) is 0.150. The van der Waals surface area contributed by atoms with Gasteiger partial charge in [-0.15, -0.1) is 0 Å². The first kappa shape index (κ1) is 6.81. The Kier molecular flexibility index (Phi) is 2.05. The van der Waals surface area contributed by atoms with E-state index in [2.05, 4.69) is 6.07 Å². The number of para-hydroxylation sites is 1. The van der Waals surface area contributed by atoms with Gasteiger partial charge in [-0.25, -0.2) is 0 Å². The molecule has 0 aliphatic rings. The van der Waals surface area contributed by atoms with Crippen molar-refractivity contribution in [3.05, 3.63) is 30.3 Å². The van der Waals surface area contributed by atoms with Gasteiger partial charge in [0.25, 0.3) is 0 Å². The Hall–Kier alpha value is -1.31. The molecule has 0 bridgehead atoms. The molecule has 0 N–H and O–H groups in total. The minimum Gasteiger partial charge on any atom is -0.426 e. The summed E-state index contributed by atoms with van der Waals surface area (Å²) in [7, 11) is 0. The second-order valence-electron chi connectivity index (χ2n) is 1.82. The minimum atomic E-state index is -0.317. The molecule has 2 heteroatoms. The van der Waals surface area contributed by atoms with Crippen LogP contribution in [-0.4, -0.2) is 5.97 Å². The molecule has 0 fully saturated rings. The molecule has 2 nitrogen and oxygen atoms in total. The van der Waals surface area contributed by atoms with Gasteiger partial charge in [-0.05, 0) is 6.07 Å². The zero-order valence-corrected chi connectivity index (χ0v) is 5.63. The zero-order valence-electron chi connectivity index (χ0n) is 5.63. The number of ether oxygens (including phenoxy) is 1. The highest BCUT2D eigenvalue weighted by Crippen LogP contribution is 2.06. The van der Waals surface area contributed by atoms with Crippen LogP contribution in [0.2, 0.25) is 0 Å². The van der Waals surface area contributed by atoms with Crippen LogP contribution in [0.25, 0.3) is 0 Å². The van der Waals surface area contributed by atoms with Crippen LogP contribution < -0.4 is 4.74 Å². The monoisotopic (exact) mass is 135 g/mol. The molecule has 10 heavy (non-hydrogen) atoms. The van der Waals surface area contributed by atoms with E-state index in [4.69, 9.17) is 4.74 Å². The van der Waals surface area contributed by atoms with Crippen molar-refractivity contribution in [3.63, 3.8) is 0 Å². The summed E-state index contributed by atoms with van der Waals surface area (Å²) < 4.78 is 4.72. The van der Waals surface area contributed by atoms with Crippen LogP contribution in [0.1, 0.15) is 6.92 Å². The van der Waals surface area contributed by atoms with Gasteiger partial charge in [0.2, 0.25) is 0 Å². The molecular formula is C8H7O2. The molecule has 0 heterocycles. The van der Waals surface area contributed by atoms with Gasteiger partial charge in [-0.1, -0.05) is 18.2 Å². The largest absolute Gasteiger partial charge is 0.426 e. The molecule has 0 saturated heterocycles. The fraction of sp³-hybridized carbons (Fsp3) is 0.125. The molecule has 1 rings (SSSR count).